The standard InChI is InChI=1S/C12H4Cl2F6N2OS/c13-5-1-4(11(15,16)17)2-6(14)8(5)9-10(24-12(18,19)20)7(3-23)21-22-9/h1-3H,(H,21,22). The molecule has 3 nitrogen and oxygen atoms in total. The maximum absolute atomic E-state index is 12.7. The second-order valence-electron chi connectivity index (χ2n) is 4.29. The van der Waals surface area contributed by atoms with E-state index in [-0.39, 0.29) is 11.8 Å². The minimum Gasteiger partial charge on any atom is -0.296 e. The molecule has 0 saturated carbocycles. The molecule has 1 N–H and O–H groups in total. The molecule has 0 bridgehead atoms. The van der Waals surface area contributed by atoms with Gasteiger partial charge in [-0.25, -0.2) is 0 Å². The first kappa shape index (κ1) is 18.9. The summed E-state index contributed by atoms with van der Waals surface area (Å²) in [6, 6.07) is 1.04. The fourth-order valence-corrected chi connectivity index (χ4v) is 3.15. The van der Waals surface area contributed by atoms with Crippen molar-refractivity contribution < 1.29 is 31.1 Å². The number of nitrogens with zero attached hydrogens (tertiary/aromatic N) is 1. The highest BCUT2D eigenvalue weighted by atomic mass is 35.5. The molecule has 2 aromatic rings. The van der Waals surface area contributed by atoms with Crippen LogP contribution in [-0.2, 0) is 6.18 Å². The number of rotatable bonds is 3. The molecule has 0 aliphatic rings. The first-order valence-electron chi connectivity index (χ1n) is 5.80. The number of hydrogen-bond donors (Lipinski definition) is 1. The maximum Gasteiger partial charge on any atom is 0.446 e. The molecule has 0 spiro atoms. The van der Waals surface area contributed by atoms with E-state index in [1.54, 1.807) is 0 Å². The highest BCUT2D eigenvalue weighted by Gasteiger charge is 2.36. The number of carbonyl (C=O) groups excluding carboxylic acids is 1. The van der Waals surface area contributed by atoms with Gasteiger partial charge in [0.1, 0.15) is 5.69 Å². The summed E-state index contributed by atoms with van der Waals surface area (Å²) in [5.41, 5.74) is -7.22. The van der Waals surface area contributed by atoms with E-state index in [1.807, 2.05) is 0 Å². The molecule has 2 rings (SSSR count). The molecule has 0 amide bonds. The third-order valence-electron chi connectivity index (χ3n) is 2.70. The number of alkyl halides is 6. The van der Waals surface area contributed by atoms with Crippen LogP contribution in [0.25, 0.3) is 11.3 Å². The molecule has 0 saturated heterocycles. The first-order chi connectivity index (χ1) is 10.9. The predicted molar refractivity (Wildman–Crippen MR) is 76.3 cm³/mol. The monoisotopic (exact) mass is 408 g/mol. The zero-order chi connectivity index (χ0) is 18.3. The molecule has 0 fully saturated rings. The normalized spacial score (nSPS) is 12.5. The van der Waals surface area contributed by atoms with Gasteiger partial charge in [-0.1, -0.05) is 23.2 Å². The van der Waals surface area contributed by atoms with E-state index in [0.29, 0.717) is 12.1 Å². The SMILES string of the molecule is O=Cc1n[nH]c(-c2c(Cl)cc(C(F)(F)F)cc2Cl)c1SC(F)(F)F. The number of hydrogen-bond acceptors (Lipinski definition) is 3. The molecule has 0 radical (unpaired) electrons. The Morgan fingerprint density at radius 3 is 2.04 bits per heavy atom. The highest BCUT2D eigenvalue weighted by molar-refractivity contribution is 8.00. The summed E-state index contributed by atoms with van der Waals surface area (Å²) in [4.78, 5) is 10.2. The number of halogens is 8. The fraction of sp³-hybridized carbons (Fsp3) is 0.167. The van der Waals surface area contributed by atoms with Gasteiger partial charge in [0.15, 0.2) is 6.29 Å². The van der Waals surface area contributed by atoms with E-state index in [0.717, 1.165) is 0 Å². The van der Waals surface area contributed by atoms with Crippen molar-refractivity contribution in [3.8, 4) is 11.3 Å². The lowest BCUT2D eigenvalue weighted by Gasteiger charge is -2.13. The van der Waals surface area contributed by atoms with Crippen LogP contribution in [-0.4, -0.2) is 22.0 Å². The molecule has 0 aliphatic carbocycles. The van der Waals surface area contributed by atoms with Crippen molar-refractivity contribution in [2.24, 2.45) is 0 Å². The summed E-state index contributed by atoms with van der Waals surface area (Å²) in [6.07, 6.45) is -4.67. The topological polar surface area (TPSA) is 45.8 Å². The summed E-state index contributed by atoms with van der Waals surface area (Å²) >= 11 is 10.9. The van der Waals surface area contributed by atoms with Gasteiger partial charge in [0.2, 0.25) is 0 Å². The zero-order valence-electron chi connectivity index (χ0n) is 11.0. The van der Waals surface area contributed by atoms with Crippen LogP contribution in [0.3, 0.4) is 0 Å². The van der Waals surface area contributed by atoms with E-state index in [9.17, 15) is 31.1 Å². The van der Waals surface area contributed by atoms with Crippen LogP contribution < -0.4 is 0 Å². The van der Waals surface area contributed by atoms with Crippen molar-refractivity contribution in [3.05, 3.63) is 33.4 Å². The Kier molecular flexibility index (Phi) is 5.12. The molecule has 24 heavy (non-hydrogen) atoms. The molecule has 0 unspecified atom stereocenters. The highest BCUT2D eigenvalue weighted by Crippen LogP contribution is 2.46. The number of thioether (sulfide) groups is 1. The van der Waals surface area contributed by atoms with Crippen molar-refractivity contribution in [1.29, 1.82) is 0 Å². The van der Waals surface area contributed by atoms with Crippen LogP contribution in [0.5, 0.6) is 0 Å². The van der Waals surface area contributed by atoms with Crippen molar-refractivity contribution >= 4 is 41.2 Å². The second-order valence-corrected chi connectivity index (χ2v) is 6.18. The van der Waals surface area contributed by atoms with Crippen LogP contribution in [0.1, 0.15) is 16.1 Å². The van der Waals surface area contributed by atoms with Crippen LogP contribution in [0.2, 0.25) is 10.0 Å². The van der Waals surface area contributed by atoms with Crippen LogP contribution in [0.15, 0.2) is 17.0 Å². The Balaban J connectivity index is 2.65. The smallest absolute Gasteiger partial charge is 0.296 e. The summed E-state index contributed by atoms with van der Waals surface area (Å²) < 4.78 is 76.0. The van der Waals surface area contributed by atoms with E-state index in [4.69, 9.17) is 23.2 Å². The van der Waals surface area contributed by atoms with Gasteiger partial charge in [0.25, 0.3) is 0 Å². The van der Waals surface area contributed by atoms with E-state index >= 15 is 0 Å². The van der Waals surface area contributed by atoms with Gasteiger partial charge in [-0.2, -0.15) is 31.4 Å². The van der Waals surface area contributed by atoms with Crippen LogP contribution in [0, 0.1) is 0 Å². The van der Waals surface area contributed by atoms with E-state index < -0.39 is 55.3 Å². The lowest BCUT2D eigenvalue weighted by molar-refractivity contribution is -0.137. The quantitative estimate of drug-likeness (QED) is 0.395. The minimum atomic E-state index is -4.76. The molecule has 1 aromatic carbocycles. The molecule has 0 atom stereocenters. The summed E-state index contributed by atoms with van der Waals surface area (Å²) in [6.45, 7) is 0. The largest absolute Gasteiger partial charge is 0.446 e. The van der Waals surface area contributed by atoms with Crippen molar-refractivity contribution in [3.63, 3.8) is 0 Å². The summed E-state index contributed by atoms with van der Waals surface area (Å²) in [7, 11) is 0. The number of aromatic nitrogens is 2. The van der Waals surface area contributed by atoms with Gasteiger partial charge in [-0.15, -0.1) is 0 Å². The van der Waals surface area contributed by atoms with Gasteiger partial charge in [0.05, 0.1) is 26.2 Å². The van der Waals surface area contributed by atoms with Crippen molar-refractivity contribution in [2.75, 3.05) is 0 Å². The molecule has 130 valence electrons. The summed E-state index contributed by atoms with van der Waals surface area (Å²) in [5, 5.41) is 4.46. The zero-order valence-corrected chi connectivity index (χ0v) is 13.3. The molecule has 12 heteroatoms. The van der Waals surface area contributed by atoms with Gasteiger partial charge in [-0.3, -0.25) is 9.89 Å². The van der Waals surface area contributed by atoms with Crippen molar-refractivity contribution in [2.45, 2.75) is 16.6 Å². The average Bonchev–Trinajstić information content (AvgIpc) is 2.77. The number of nitrogens with one attached hydrogen (secondary N) is 1. The molecule has 0 aliphatic heterocycles. The maximum atomic E-state index is 12.7. The van der Waals surface area contributed by atoms with E-state index in [2.05, 4.69) is 10.2 Å². The minimum absolute atomic E-state index is 0.0694. The van der Waals surface area contributed by atoms with E-state index in [1.165, 1.54) is 0 Å². The Bertz CT molecular complexity index is 764. The van der Waals surface area contributed by atoms with Gasteiger partial charge >= 0.3 is 11.7 Å². The lowest BCUT2D eigenvalue weighted by Crippen LogP contribution is -2.05. The lowest BCUT2D eigenvalue weighted by atomic mass is 10.1. The Labute approximate surface area is 144 Å². The van der Waals surface area contributed by atoms with Crippen LogP contribution in [0.4, 0.5) is 26.3 Å². The third kappa shape index (κ3) is 3.98. The number of benzene rings is 1. The predicted octanol–water partition coefficient (Wildman–Crippen LogP) is 5.83. The summed E-state index contributed by atoms with van der Waals surface area (Å²) in [5.74, 6) is 0. The fourth-order valence-electron chi connectivity index (χ4n) is 1.79. The van der Waals surface area contributed by atoms with Crippen molar-refractivity contribution in [1.82, 2.24) is 10.2 Å². The third-order valence-corrected chi connectivity index (χ3v) is 4.14. The number of carbonyl (C=O) groups is 1. The molecule has 1 heterocycles. The number of aromatic amines is 1. The number of aldehydes is 1. The van der Waals surface area contributed by atoms with Gasteiger partial charge in [0, 0.05) is 5.56 Å². The Morgan fingerprint density at radius 1 is 1.08 bits per heavy atom. The average molecular weight is 409 g/mol. The Morgan fingerprint density at radius 2 is 1.62 bits per heavy atom. The van der Waals surface area contributed by atoms with Gasteiger partial charge < -0.3 is 0 Å². The number of H-pyrrole nitrogens is 1. The first-order valence-corrected chi connectivity index (χ1v) is 7.37. The molecular weight excluding hydrogens is 405 g/mol. The van der Waals surface area contributed by atoms with Crippen LogP contribution >= 0.6 is 35.0 Å². The van der Waals surface area contributed by atoms with Gasteiger partial charge in [-0.05, 0) is 23.9 Å². The molecular formula is C12H4Cl2F6N2OS. The molecule has 1 aromatic heterocycles. The Hall–Kier alpha value is -1.39. The second kappa shape index (κ2) is 6.49.